The molecule has 1 aliphatic heterocycles. The lowest BCUT2D eigenvalue weighted by Crippen LogP contribution is -2.47. The maximum Gasteiger partial charge on any atom is 0.300 e. The van der Waals surface area contributed by atoms with Crippen molar-refractivity contribution >= 4 is 51.7 Å². The fraction of sp³-hybridized carbons (Fsp3) is 0.286. The van der Waals surface area contributed by atoms with Crippen molar-refractivity contribution in [2.75, 3.05) is 44.9 Å². The van der Waals surface area contributed by atoms with Crippen molar-refractivity contribution < 1.29 is 23.5 Å². The maximum absolute atomic E-state index is 13.5. The number of carbonyl (C=O) groups is 2. The largest absolute Gasteiger partial charge is 0.496 e. The number of rotatable bonds is 5. The first-order valence-electron chi connectivity index (χ1n) is 9.52. The summed E-state index contributed by atoms with van der Waals surface area (Å²) < 4.78 is 16.4. The van der Waals surface area contributed by atoms with Gasteiger partial charge in [-0.3, -0.25) is 19.5 Å². The summed E-state index contributed by atoms with van der Waals surface area (Å²) >= 11 is 12.6. The second kappa shape index (κ2) is 9.23. The molecule has 2 aromatic heterocycles. The Morgan fingerprint density at radius 2 is 1.90 bits per heavy atom. The number of benzene rings is 1. The lowest BCUT2D eigenvalue weighted by Gasteiger charge is -2.29. The number of pyridine rings is 1. The third kappa shape index (κ3) is 4.38. The average molecular weight is 464 g/mol. The predicted molar refractivity (Wildman–Crippen MR) is 116 cm³/mol. The van der Waals surface area contributed by atoms with Crippen LogP contribution in [-0.2, 0) is 9.53 Å². The van der Waals surface area contributed by atoms with Gasteiger partial charge in [0.15, 0.2) is 5.76 Å². The lowest BCUT2D eigenvalue weighted by molar-refractivity contribution is -0.120. The first-order valence-corrected chi connectivity index (χ1v) is 10.3. The molecule has 0 spiro atoms. The van der Waals surface area contributed by atoms with E-state index in [2.05, 4.69) is 4.98 Å². The van der Waals surface area contributed by atoms with Crippen molar-refractivity contribution in [3.63, 3.8) is 0 Å². The Morgan fingerprint density at radius 3 is 2.58 bits per heavy atom. The molecule has 0 N–H and O–H groups in total. The molecule has 0 aliphatic carbocycles. The number of nitrogens with zero attached hydrogens (tertiary/aromatic N) is 3. The fourth-order valence-electron chi connectivity index (χ4n) is 3.41. The number of imide groups is 1. The van der Waals surface area contributed by atoms with Crippen LogP contribution < -0.4 is 9.64 Å². The van der Waals surface area contributed by atoms with Crippen molar-refractivity contribution in [2.24, 2.45) is 0 Å². The molecule has 2 amide bonds. The van der Waals surface area contributed by atoms with Gasteiger partial charge < -0.3 is 13.9 Å². The van der Waals surface area contributed by atoms with E-state index in [9.17, 15) is 9.59 Å². The highest BCUT2D eigenvalue weighted by Gasteiger charge is 2.32. The molecule has 1 saturated heterocycles. The third-order valence-electron chi connectivity index (χ3n) is 4.92. The van der Waals surface area contributed by atoms with Gasteiger partial charge in [-0.2, -0.15) is 0 Å². The van der Waals surface area contributed by atoms with Crippen LogP contribution in [0, 0.1) is 0 Å². The Hall–Kier alpha value is -2.65. The van der Waals surface area contributed by atoms with E-state index in [1.165, 1.54) is 25.6 Å². The fourth-order valence-corrected chi connectivity index (χ4v) is 3.94. The summed E-state index contributed by atoms with van der Waals surface area (Å²) in [5.41, 5.74) is 0.518. The van der Waals surface area contributed by atoms with Crippen LogP contribution in [0.1, 0.15) is 10.6 Å². The van der Waals surface area contributed by atoms with Crippen molar-refractivity contribution in [1.82, 2.24) is 9.88 Å². The number of halogens is 2. The minimum Gasteiger partial charge on any atom is -0.496 e. The maximum atomic E-state index is 13.5. The molecule has 0 bridgehead atoms. The Morgan fingerprint density at radius 1 is 1.19 bits per heavy atom. The van der Waals surface area contributed by atoms with Crippen molar-refractivity contribution in [2.45, 2.75) is 0 Å². The van der Waals surface area contributed by atoms with Gasteiger partial charge in [-0.1, -0.05) is 29.3 Å². The van der Waals surface area contributed by atoms with Gasteiger partial charge in [0.25, 0.3) is 0 Å². The molecule has 8 nitrogen and oxygen atoms in total. The van der Waals surface area contributed by atoms with Gasteiger partial charge in [0.2, 0.25) is 5.91 Å². The summed E-state index contributed by atoms with van der Waals surface area (Å²) in [6, 6.07) is 6.75. The SMILES string of the molecule is COc1cccc2oc(C(=O)N(C(=O)CN3CCOCC3)c3c(Cl)cncc3Cl)cc12. The van der Waals surface area contributed by atoms with E-state index >= 15 is 0 Å². The second-order valence-corrected chi connectivity index (χ2v) is 7.67. The summed E-state index contributed by atoms with van der Waals surface area (Å²) in [5.74, 6) is -0.675. The number of hydrogen-bond donors (Lipinski definition) is 0. The van der Waals surface area contributed by atoms with Gasteiger partial charge in [0.1, 0.15) is 11.3 Å². The smallest absolute Gasteiger partial charge is 0.300 e. The molecular formula is C21H19Cl2N3O5. The highest BCUT2D eigenvalue weighted by molar-refractivity contribution is 6.41. The molecule has 31 heavy (non-hydrogen) atoms. The molecule has 162 valence electrons. The lowest BCUT2D eigenvalue weighted by atomic mass is 10.2. The first kappa shape index (κ1) is 21.6. The monoisotopic (exact) mass is 463 g/mol. The molecule has 0 saturated carbocycles. The zero-order chi connectivity index (χ0) is 22.0. The van der Waals surface area contributed by atoms with E-state index in [1.807, 2.05) is 4.90 Å². The van der Waals surface area contributed by atoms with E-state index in [1.54, 1.807) is 18.2 Å². The molecule has 10 heteroatoms. The standard InChI is InChI=1S/C21H19Cl2N3O5/c1-29-16-3-2-4-17-13(16)9-18(31-17)21(28)26(20-14(22)10-24-11-15(20)23)19(27)12-25-5-7-30-8-6-25/h2-4,9-11H,5-8,12H2,1H3. The van der Waals surface area contributed by atoms with Crippen molar-refractivity contribution in [1.29, 1.82) is 0 Å². The van der Waals surface area contributed by atoms with Gasteiger partial charge in [0, 0.05) is 31.5 Å². The third-order valence-corrected chi connectivity index (χ3v) is 5.47. The number of anilines is 1. The van der Waals surface area contributed by atoms with Crippen LogP contribution in [0.2, 0.25) is 10.0 Å². The number of methoxy groups -OCH3 is 1. The van der Waals surface area contributed by atoms with Crippen LogP contribution in [0.15, 0.2) is 41.1 Å². The Balaban J connectivity index is 1.74. The Kier molecular flexibility index (Phi) is 6.43. The van der Waals surface area contributed by atoms with Crippen LogP contribution in [0.3, 0.4) is 0 Å². The minimum atomic E-state index is -0.688. The first-order chi connectivity index (χ1) is 15.0. The number of fused-ring (bicyclic) bond motifs is 1. The Bertz CT molecular complexity index is 1110. The minimum absolute atomic E-state index is 0.00632. The van der Waals surface area contributed by atoms with Crippen molar-refractivity contribution in [3.05, 3.63) is 52.5 Å². The van der Waals surface area contributed by atoms with E-state index < -0.39 is 11.8 Å². The molecule has 3 heterocycles. The molecule has 4 rings (SSSR count). The number of amides is 2. The van der Waals surface area contributed by atoms with Gasteiger partial charge in [0.05, 0.1) is 48.0 Å². The average Bonchev–Trinajstić information content (AvgIpc) is 3.21. The summed E-state index contributed by atoms with van der Waals surface area (Å²) in [4.78, 5) is 33.5. The molecule has 1 aromatic carbocycles. The number of morpholine rings is 1. The zero-order valence-electron chi connectivity index (χ0n) is 16.6. The molecule has 1 fully saturated rings. The van der Waals surface area contributed by atoms with E-state index in [0.717, 1.165) is 4.90 Å². The predicted octanol–water partition coefficient (Wildman–Crippen LogP) is 3.65. The summed E-state index contributed by atoms with van der Waals surface area (Å²) in [6.07, 6.45) is 2.65. The molecule has 0 radical (unpaired) electrons. The molecule has 1 aliphatic rings. The van der Waals surface area contributed by atoms with Gasteiger partial charge in [-0.25, -0.2) is 4.90 Å². The zero-order valence-corrected chi connectivity index (χ0v) is 18.2. The topological polar surface area (TPSA) is 85.1 Å². The highest BCUT2D eigenvalue weighted by Crippen LogP contribution is 2.35. The van der Waals surface area contributed by atoms with Crippen molar-refractivity contribution in [3.8, 4) is 5.75 Å². The summed E-state index contributed by atoms with van der Waals surface area (Å²) in [7, 11) is 1.53. The molecular weight excluding hydrogens is 445 g/mol. The number of ether oxygens (including phenoxy) is 2. The van der Waals surface area contributed by atoms with Crippen LogP contribution in [0.5, 0.6) is 5.75 Å². The number of aromatic nitrogens is 1. The normalized spacial score (nSPS) is 14.5. The quantitative estimate of drug-likeness (QED) is 0.570. The van der Waals surface area contributed by atoms with Gasteiger partial charge >= 0.3 is 5.91 Å². The van der Waals surface area contributed by atoms with E-state index in [-0.39, 0.29) is 28.0 Å². The van der Waals surface area contributed by atoms with E-state index in [0.29, 0.717) is 43.0 Å². The summed E-state index contributed by atoms with van der Waals surface area (Å²) in [5, 5.41) is 0.760. The van der Waals surface area contributed by atoms with Crippen LogP contribution >= 0.6 is 23.2 Å². The van der Waals surface area contributed by atoms with Gasteiger partial charge in [-0.05, 0) is 12.1 Å². The van der Waals surface area contributed by atoms with Crippen LogP contribution in [0.25, 0.3) is 11.0 Å². The molecule has 0 unspecified atom stereocenters. The molecule has 0 atom stereocenters. The highest BCUT2D eigenvalue weighted by atomic mass is 35.5. The summed E-state index contributed by atoms with van der Waals surface area (Å²) in [6.45, 7) is 2.18. The Labute approximate surface area is 188 Å². The van der Waals surface area contributed by atoms with Gasteiger partial charge in [-0.15, -0.1) is 0 Å². The number of carbonyl (C=O) groups excluding carboxylic acids is 2. The number of furan rings is 1. The molecule has 3 aromatic rings. The van der Waals surface area contributed by atoms with Crippen LogP contribution in [-0.4, -0.2) is 61.7 Å². The van der Waals surface area contributed by atoms with E-state index in [4.69, 9.17) is 37.1 Å². The second-order valence-electron chi connectivity index (χ2n) is 6.86. The number of hydrogen-bond acceptors (Lipinski definition) is 7. The van der Waals surface area contributed by atoms with Crippen LogP contribution in [0.4, 0.5) is 5.69 Å².